The van der Waals surface area contributed by atoms with Crippen LogP contribution < -0.4 is 0 Å². The Labute approximate surface area is 210 Å². The van der Waals surface area contributed by atoms with Crippen molar-refractivity contribution < 1.29 is 13.0 Å². The molecule has 0 aliphatic heterocycles. The predicted octanol–water partition coefficient (Wildman–Crippen LogP) is 11.1. The third kappa shape index (κ3) is 13.9. The molecule has 6 heteroatoms. The van der Waals surface area contributed by atoms with Crippen LogP contribution in [0.2, 0.25) is 36.3 Å². The maximum Gasteiger partial charge on any atom is 0.315 e. The van der Waals surface area contributed by atoms with Crippen LogP contribution in [0.15, 0.2) is 12.7 Å². The molecule has 0 atom stereocenters. The van der Waals surface area contributed by atoms with E-state index in [2.05, 4.69) is 48.1 Å². The molecule has 0 radical (unpaired) electrons. The second kappa shape index (κ2) is 19.5. The summed E-state index contributed by atoms with van der Waals surface area (Å²) in [6.45, 7) is 17.5. The van der Waals surface area contributed by atoms with Gasteiger partial charge >= 0.3 is 7.60 Å². The molecule has 0 saturated carbocycles. The summed E-state index contributed by atoms with van der Waals surface area (Å²) >= 11 is 0. The molecule has 0 aliphatic carbocycles. The summed E-state index contributed by atoms with van der Waals surface area (Å²) in [5.41, 5.74) is 0. The van der Waals surface area contributed by atoms with Crippen molar-refractivity contribution in [2.45, 2.75) is 155 Å². The van der Waals surface area contributed by atoms with Gasteiger partial charge in [0.25, 0.3) is 0 Å². The number of rotatable bonds is 24. The summed E-state index contributed by atoms with van der Waals surface area (Å²) in [5, 5.41) is 0. The highest BCUT2D eigenvalue weighted by molar-refractivity contribution is 7.57. The summed E-state index contributed by atoms with van der Waals surface area (Å²) in [4.78, 5) is 0. The minimum absolute atomic E-state index is 0.380. The lowest BCUT2D eigenvalue weighted by Gasteiger charge is -2.40. The molecule has 33 heavy (non-hydrogen) atoms. The molecule has 0 fully saturated rings. The molecule has 0 bridgehead atoms. The molecule has 0 aliphatic rings. The Hall–Kier alpha value is 0.324. The van der Waals surface area contributed by atoms with Crippen LogP contribution in [0.3, 0.4) is 0 Å². The Morgan fingerprint density at radius 1 is 0.576 bits per heavy atom. The molecular weight excluding hydrogens is 459 g/mol. The quantitative estimate of drug-likeness (QED) is 0.0724. The van der Waals surface area contributed by atoms with E-state index in [1.54, 1.807) is 6.08 Å². The first-order chi connectivity index (χ1) is 15.8. The van der Waals surface area contributed by atoms with Crippen molar-refractivity contribution in [2.75, 3.05) is 6.16 Å². The molecule has 0 amide bonds. The Morgan fingerprint density at radius 2 is 0.818 bits per heavy atom. The maximum atomic E-state index is 14.6. The molecular formula is C27H59O3PSi2. The topological polar surface area (TPSA) is 35.5 Å². The summed E-state index contributed by atoms with van der Waals surface area (Å²) in [6, 6.07) is 6.76. The van der Waals surface area contributed by atoms with E-state index in [-0.39, 0.29) is 0 Å². The first-order valence-electron chi connectivity index (χ1n) is 14.5. The number of allylic oxidation sites excluding steroid dienone is 1. The van der Waals surface area contributed by atoms with Crippen LogP contribution >= 0.6 is 7.60 Å². The van der Waals surface area contributed by atoms with Gasteiger partial charge in [-0.05, 0) is 36.3 Å². The number of hydrogen-bond acceptors (Lipinski definition) is 3. The minimum atomic E-state index is -3.20. The van der Waals surface area contributed by atoms with Crippen LogP contribution in [0, 0.1) is 0 Å². The summed E-state index contributed by atoms with van der Waals surface area (Å²) in [6.07, 6.45) is 16.3. The Balaban J connectivity index is 6.16. The van der Waals surface area contributed by atoms with Gasteiger partial charge < -0.3 is 8.43 Å². The first-order valence-corrected chi connectivity index (χ1v) is 21.2. The minimum Gasteiger partial charge on any atom is -0.351 e. The average molecular weight is 519 g/mol. The maximum absolute atomic E-state index is 14.6. The molecule has 0 rings (SSSR count). The van der Waals surface area contributed by atoms with Crippen molar-refractivity contribution in [1.29, 1.82) is 0 Å². The van der Waals surface area contributed by atoms with Crippen LogP contribution in [0.4, 0.5) is 0 Å². The van der Waals surface area contributed by atoms with Gasteiger partial charge in [0.05, 0.1) is 6.16 Å². The van der Waals surface area contributed by atoms with Gasteiger partial charge in [0.1, 0.15) is 0 Å². The van der Waals surface area contributed by atoms with E-state index in [0.29, 0.717) is 6.16 Å². The fourth-order valence-corrected chi connectivity index (χ4v) is 20.7. The van der Waals surface area contributed by atoms with Crippen molar-refractivity contribution in [3.05, 3.63) is 12.7 Å². The zero-order valence-corrected chi connectivity index (χ0v) is 26.3. The van der Waals surface area contributed by atoms with Crippen molar-refractivity contribution in [3.63, 3.8) is 0 Å². The lowest BCUT2D eigenvalue weighted by atomic mass is 10.4. The van der Waals surface area contributed by atoms with Gasteiger partial charge in [-0.15, -0.1) is 6.58 Å². The lowest BCUT2D eigenvalue weighted by Crippen LogP contribution is -2.42. The Morgan fingerprint density at radius 3 is 1.00 bits per heavy atom. The molecule has 0 heterocycles. The Bertz CT molecular complexity index is 446. The molecule has 0 aromatic heterocycles. The average Bonchev–Trinajstić information content (AvgIpc) is 2.80. The van der Waals surface area contributed by atoms with E-state index in [9.17, 15) is 4.57 Å². The van der Waals surface area contributed by atoms with Crippen molar-refractivity contribution in [2.24, 2.45) is 0 Å². The van der Waals surface area contributed by atoms with Crippen LogP contribution in [0.1, 0.15) is 119 Å². The highest BCUT2D eigenvalue weighted by atomic mass is 31.2. The van der Waals surface area contributed by atoms with Gasteiger partial charge in [0.15, 0.2) is 0 Å². The predicted molar refractivity (Wildman–Crippen MR) is 155 cm³/mol. The second-order valence-corrected chi connectivity index (χ2v) is 21.0. The van der Waals surface area contributed by atoms with E-state index in [0.717, 1.165) is 36.3 Å². The molecule has 198 valence electrons. The van der Waals surface area contributed by atoms with Gasteiger partial charge in [-0.2, -0.15) is 0 Å². The summed E-state index contributed by atoms with van der Waals surface area (Å²) in [7, 11) is -7.47. The Kier molecular flexibility index (Phi) is 19.7. The fourth-order valence-electron chi connectivity index (χ4n) is 4.86. The van der Waals surface area contributed by atoms with E-state index in [1.165, 1.54) is 77.0 Å². The summed E-state index contributed by atoms with van der Waals surface area (Å²) < 4.78 is 28.6. The zero-order chi connectivity index (χ0) is 25.1. The molecule has 0 saturated heterocycles. The molecule has 0 spiro atoms. The largest absolute Gasteiger partial charge is 0.351 e. The van der Waals surface area contributed by atoms with Crippen LogP contribution in [0.25, 0.3) is 0 Å². The van der Waals surface area contributed by atoms with Gasteiger partial charge in [-0.1, -0.05) is 125 Å². The van der Waals surface area contributed by atoms with E-state index in [4.69, 9.17) is 8.43 Å². The highest BCUT2D eigenvalue weighted by Crippen LogP contribution is 2.57. The van der Waals surface area contributed by atoms with Gasteiger partial charge in [0, 0.05) is 0 Å². The van der Waals surface area contributed by atoms with Gasteiger partial charge in [-0.3, -0.25) is 4.57 Å². The molecule has 0 aromatic rings. The number of hydrogen-bond donors (Lipinski definition) is 0. The van der Waals surface area contributed by atoms with Crippen molar-refractivity contribution in [3.8, 4) is 0 Å². The van der Waals surface area contributed by atoms with Crippen LogP contribution in [0.5, 0.6) is 0 Å². The summed E-state index contributed by atoms with van der Waals surface area (Å²) in [5.74, 6) is 0. The highest BCUT2D eigenvalue weighted by Gasteiger charge is 2.46. The monoisotopic (exact) mass is 518 g/mol. The van der Waals surface area contributed by atoms with Crippen molar-refractivity contribution in [1.82, 2.24) is 0 Å². The number of unbranched alkanes of at least 4 members (excludes halogenated alkanes) is 6. The van der Waals surface area contributed by atoms with E-state index in [1.807, 2.05) is 0 Å². The third-order valence-corrected chi connectivity index (χ3v) is 20.6. The molecule has 0 N–H and O–H groups in total. The molecule has 3 nitrogen and oxygen atoms in total. The van der Waals surface area contributed by atoms with Gasteiger partial charge in [0.2, 0.25) is 16.6 Å². The van der Waals surface area contributed by atoms with E-state index >= 15 is 0 Å². The second-order valence-electron chi connectivity index (χ2n) is 10.3. The van der Waals surface area contributed by atoms with Crippen molar-refractivity contribution >= 4 is 24.2 Å². The third-order valence-electron chi connectivity index (χ3n) is 6.93. The van der Waals surface area contributed by atoms with Crippen LogP contribution in [-0.2, 0) is 13.0 Å². The van der Waals surface area contributed by atoms with Crippen LogP contribution in [-0.4, -0.2) is 22.8 Å². The standard InChI is InChI=1S/C27H59O3PSi2/c1-8-15-22-32(23-16-9-2,24-17-10-3)29-31(28,21-14-7)30-33(25-18-11-4,26-19-12-5)27-20-13-6/h14H,7-13,15-27H2,1-6H3. The molecule has 0 aromatic carbocycles. The fraction of sp³-hybridized carbons (Fsp3) is 0.926. The SMILES string of the molecule is C=CCP(=O)(O[Si](CCCC)(CCCC)CCCC)O[Si](CCCC)(CCCC)CCCC. The lowest BCUT2D eigenvalue weighted by molar-refractivity contribution is 0.367. The zero-order valence-electron chi connectivity index (χ0n) is 23.4. The first kappa shape index (κ1) is 33.3. The smallest absolute Gasteiger partial charge is 0.315 e. The van der Waals surface area contributed by atoms with Gasteiger partial charge in [-0.25, -0.2) is 0 Å². The molecule has 0 unspecified atom stereocenters. The normalized spacial score (nSPS) is 12.9. The van der Waals surface area contributed by atoms with E-state index < -0.39 is 24.2 Å².